The van der Waals surface area contributed by atoms with Gasteiger partial charge in [0.1, 0.15) is 0 Å². The molecule has 0 bridgehead atoms. The van der Waals surface area contributed by atoms with Crippen LogP contribution in [0.2, 0.25) is 0 Å². The number of hydrogen-bond donors (Lipinski definition) is 0. The summed E-state index contributed by atoms with van der Waals surface area (Å²) >= 11 is 0. The quantitative estimate of drug-likeness (QED) is 0.829. The molecule has 3 atom stereocenters. The minimum Gasteiger partial charge on any atom is -0.382 e. The molecule has 2 saturated heterocycles. The lowest BCUT2D eigenvalue weighted by Gasteiger charge is -2.35. The van der Waals surface area contributed by atoms with Crippen molar-refractivity contribution in [1.82, 2.24) is 9.88 Å². The molecule has 1 aromatic heterocycles. The summed E-state index contributed by atoms with van der Waals surface area (Å²) in [5, 5.41) is 0. The molecule has 0 N–H and O–H groups in total. The molecule has 2 aliphatic heterocycles. The highest BCUT2D eigenvalue weighted by Crippen LogP contribution is 2.32. The lowest BCUT2D eigenvalue weighted by Crippen LogP contribution is -2.43. The fourth-order valence-electron chi connectivity index (χ4n) is 3.29. The Kier molecular flexibility index (Phi) is 4.11. The summed E-state index contributed by atoms with van der Waals surface area (Å²) in [6.45, 7) is 2.79. The number of likely N-dealkylation sites (tertiary alicyclic amines) is 1. The van der Waals surface area contributed by atoms with E-state index < -0.39 is 0 Å². The summed E-state index contributed by atoms with van der Waals surface area (Å²) in [5.41, 5.74) is 1.15. The molecule has 0 unspecified atom stereocenters. The van der Waals surface area contributed by atoms with Gasteiger partial charge in [0.2, 0.25) is 0 Å². The van der Waals surface area contributed by atoms with Crippen molar-refractivity contribution >= 4 is 0 Å². The van der Waals surface area contributed by atoms with E-state index in [1.54, 1.807) is 7.11 Å². The molecule has 3 rings (SSSR count). The van der Waals surface area contributed by atoms with Gasteiger partial charge in [-0.15, -0.1) is 0 Å². The van der Waals surface area contributed by atoms with Crippen molar-refractivity contribution in [3.8, 4) is 0 Å². The van der Waals surface area contributed by atoms with Gasteiger partial charge in [0, 0.05) is 32.4 Å². The van der Waals surface area contributed by atoms with Gasteiger partial charge in [0.05, 0.1) is 24.5 Å². The van der Waals surface area contributed by atoms with Crippen molar-refractivity contribution in [1.29, 1.82) is 0 Å². The average Bonchev–Trinajstić information content (AvgIpc) is 2.83. The molecule has 0 amide bonds. The number of fused-ring (bicyclic) bond motifs is 1. The Morgan fingerprint density at radius 2 is 2.32 bits per heavy atom. The Labute approximate surface area is 114 Å². The standard InChI is InChI=1S/C15H22N2O2/c1-18-11-13-5-6-14-15(19-13)7-9-17(14)10-12-4-2-3-8-16-12/h2-4,8,13-15H,5-7,9-11H2,1H3/t13-,14-,15-/m0/s1. The van der Waals surface area contributed by atoms with Gasteiger partial charge in [-0.3, -0.25) is 9.88 Å². The number of nitrogens with zero attached hydrogens (tertiary/aromatic N) is 2. The Morgan fingerprint density at radius 1 is 1.37 bits per heavy atom. The van der Waals surface area contributed by atoms with Crippen LogP contribution in [0.1, 0.15) is 25.0 Å². The average molecular weight is 262 g/mol. The van der Waals surface area contributed by atoms with Crippen molar-refractivity contribution in [3.63, 3.8) is 0 Å². The van der Waals surface area contributed by atoms with Crippen LogP contribution in [0.5, 0.6) is 0 Å². The molecule has 0 aliphatic carbocycles. The van der Waals surface area contributed by atoms with Crippen LogP contribution in [0.4, 0.5) is 0 Å². The van der Waals surface area contributed by atoms with E-state index in [4.69, 9.17) is 9.47 Å². The van der Waals surface area contributed by atoms with Gasteiger partial charge in [0.25, 0.3) is 0 Å². The largest absolute Gasteiger partial charge is 0.382 e. The van der Waals surface area contributed by atoms with Crippen LogP contribution >= 0.6 is 0 Å². The van der Waals surface area contributed by atoms with E-state index in [2.05, 4.69) is 22.0 Å². The molecular weight excluding hydrogens is 240 g/mol. The van der Waals surface area contributed by atoms with Gasteiger partial charge in [-0.1, -0.05) is 6.07 Å². The maximum absolute atomic E-state index is 6.13. The number of rotatable bonds is 4. The third-order valence-corrected chi connectivity index (χ3v) is 4.19. The van der Waals surface area contributed by atoms with E-state index >= 15 is 0 Å². The van der Waals surface area contributed by atoms with Crippen LogP contribution < -0.4 is 0 Å². The molecule has 0 radical (unpaired) electrons. The summed E-state index contributed by atoms with van der Waals surface area (Å²) in [5.74, 6) is 0. The molecule has 1 aromatic rings. The van der Waals surface area contributed by atoms with Crippen molar-refractivity contribution in [2.24, 2.45) is 0 Å². The zero-order valence-corrected chi connectivity index (χ0v) is 11.5. The van der Waals surface area contributed by atoms with Gasteiger partial charge in [0.15, 0.2) is 0 Å². The molecule has 0 spiro atoms. The number of aromatic nitrogens is 1. The highest BCUT2D eigenvalue weighted by Gasteiger charge is 2.39. The second kappa shape index (κ2) is 5.99. The van der Waals surface area contributed by atoms with Gasteiger partial charge < -0.3 is 9.47 Å². The highest BCUT2D eigenvalue weighted by atomic mass is 16.5. The number of ether oxygens (including phenoxy) is 2. The summed E-state index contributed by atoms with van der Waals surface area (Å²) in [6.07, 6.45) is 6.00. The summed E-state index contributed by atoms with van der Waals surface area (Å²) in [6, 6.07) is 6.69. The van der Waals surface area contributed by atoms with Gasteiger partial charge in [-0.05, 0) is 31.4 Å². The maximum atomic E-state index is 6.13. The van der Waals surface area contributed by atoms with E-state index in [9.17, 15) is 0 Å². The summed E-state index contributed by atoms with van der Waals surface area (Å²) < 4.78 is 11.3. The first-order chi connectivity index (χ1) is 9.36. The van der Waals surface area contributed by atoms with E-state index in [-0.39, 0.29) is 0 Å². The van der Waals surface area contributed by atoms with Crippen molar-refractivity contribution in [2.45, 2.75) is 44.1 Å². The molecule has 2 aliphatic rings. The third kappa shape index (κ3) is 2.96. The lowest BCUT2D eigenvalue weighted by molar-refractivity contribution is -0.0939. The smallest absolute Gasteiger partial charge is 0.0813 e. The van der Waals surface area contributed by atoms with Gasteiger partial charge >= 0.3 is 0 Å². The topological polar surface area (TPSA) is 34.6 Å². The lowest BCUT2D eigenvalue weighted by atomic mass is 9.99. The molecule has 4 nitrogen and oxygen atoms in total. The Hall–Kier alpha value is -0.970. The van der Waals surface area contributed by atoms with Gasteiger partial charge in [-0.2, -0.15) is 0 Å². The van der Waals surface area contributed by atoms with E-state index in [0.717, 1.165) is 38.2 Å². The molecule has 104 valence electrons. The van der Waals surface area contributed by atoms with E-state index in [0.29, 0.717) is 18.2 Å². The normalized spacial score (nSPS) is 31.3. The van der Waals surface area contributed by atoms with Crippen molar-refractivity contribution < 1.29 is 9.47 Å². The molecule has 4 heteroatoms. The van der Waals surface area contributed by atoms with Crippen LogP contribution in [-0.2, 0) is 16.0 Å². The summed E-state index contributed by atoms with van der Waals surface area (Å²) in [7, 11) is 1.75. The maximum Gasteiger partial charge on any atom is 0.0813 e. The SMILES string of the molecule is COC[C@@H]1CC[C@H]2[C@H](CCN2Cc2ccccn2)O1. The molecule has 3 heterocycles. The Balaban J connectivity index is 1.59. The van der Waals surface area contributed by atoms with Crippen molar-refractivity contribution in [2.75, 3.05) is 20.3 Å². The second-order valence-electron chi connectivity index (χ2n) is 5.48. The van der Waals surface area contributed by atoms with Crippen LogP contribution in [0.3, 0.4) is 0 Å². The molecular formula is C15H22N2O2. The molecule has 2 fully saturated rings. The molecule has 0 aromatic carbocycles. The fraction of sp³-hybridized carbons (Fsp3) is 0.667. The summed E-state index contributed by atoms with van der Waals surface area (Å²) in [4.78, 5) is 6.95. The first kappa shape index (κ1) is 13.0. The van der Waals surface area contributed by atoms with Crippen LogP contribution in [-0.4, -0.2) is 48.4 Å². The van der Waals surface area contributed by atoms with Crippen molar-refractivity contribution in [3.05, 3.63) is 30.1 Å². The second-order valence-corrected chi connectivity index (χ2v) is 5.48. The number of pyridine rings is 1. The Bertz CT molecular complexity index is 398. The van der Waals surface area contributed by atoms with Crippen LogP contribution in [0.25, 0.3) is 0 Å². The fourth-order valence-corrected chi connectivity index (χ4v) is 3.29. The predicted molar refractivity (Wildman–Crippen MR) is 72.8 cm³/mol. The van der Waals surface area contributed by atoms with Crippen LogP contribution in [0, 0.1) is 0 Å². The van der Waals surface area contributed by atoms with E-state index in [1.807, 2.05) is 12.3 Å². The molecule has 0 saturated carbocycles. The van der Waals surface area contributed by atoms with Gasteiger partial charge in [-0.25, -0.2) is 0 Å². The minimum absolute atomic E-state index is 0.293. The zero-order chi connectivity index (χ0) is 13.1. The highest BCUT2D eigenvalue weighted by molar-refractivity contribution is 5.05. The third-order valence-electron chi connectivity index (χ3n) is 4.19. The zero-order valence-electron chi connectivity index (χ0n) is 11.5. The first-order valence-corrected chi connectivity index (χ1v) is 7.15. The van der Waals surface area contributed by atoms with Crippen LogP contribution in [0.15, 0.2) is 24.4 Å². The predicted octanol–water partition coefficient (Wildman–Crippen LogP) is 1.85. The molecule has 19 heavy (non-hydrogen) atoms. The van der Waals surface area contributed by atoms with E-state index in [1.165, 1.54) is 6.42 Å². The number of hydrogen-bond acceptors (Lipinski definition) is 4. The first-order valence-electron chi connectivity index (χ1n) is 7.15. The number of methoxy groups -OCH3 is 1. The monoisotopic (exact) mass is 262 g/mol. The Morgan fingerprint density at radius 3 is 3.11 bits per heavy atom. The minimum atomic E-state index is 0.293.